The lowest BCUT2D eigenvalue weighted by molar-refractivity contribution is 0.583. The van der Waals surface area contributed by atoms with Gasteiger partial charge in [0.15, 0.2) is 0 Å². The van der Waals surface area contributed by atoms with Crippen molar-refractivity contribution >= 4 is 71.0 Å². The molecule has 0 bridgehead atoms. The van der Waals surface area contributed by atoms with Gasteiger partial charge in [-0.05, 0) is 22.3 Å². The Hall–Kier alpha value is -6.10. The molecule has 8 heteroatoms. The fourth-order valence-electron chi connectivity index (χ4n) is 9.02. The fourth-order valence-corrected chi connectivity index (χ4v) is 20.0. The molecule has 0 saturated carbocycles. The summed E-state index contributed by atoms with van der Waals surface area (Å²) in [5.74, 6) is 0. The Morgan fingerprint density at radius 1 is 0.197 bits per heavy atom. The minimum Gasteiger partial charge on any atom is -0.313 e. The van der Waals surface area contributed by atoms with Gasteiger partial charge in [0.25, 0.3) is 0 Å². The van der Waals surface area contributed by atoms with Crippen LogP contribution in [0.15, 0.2) is 255 Å². The highest BCUT2D eigenvalue weighted by Gasteiger charge is 2.37. The van der Waals surface area contributed by atoms with Gasteiger partial charge in [0.2, 0.25) is 0 Å². The summed E-state index contributed by atoms with van der Waals surface area (Å²) in [6, 6.07) is 81.1. The molecule has 326 valence electrons. The van der Waals surface area contributed by atoms with Crippen molar-refractivity contribution in [3.8, 4) is 0 Å². The zero-order chi connectivity index (χ0) is 45.5. The maximum atomic E-state index is 16.2. The molecule has 9 aromatic rings. The summed E-state index contributed by atoms with van der Waals surface area (Å²) < 4.78 is 64.8. The minimum absolute atomic E-state index is 0.114. The van der Waals surface area contributed by atoms with E-state index < -0.39 is 28.6 Å². The van der Waals surface area contributed by atoms with Crippen LogP contribution in [0.1, 0.15) is 22.3 Å². The minimum atomic E-state index is -3.43. The molecule has 0 amide bonds. The molecule has 0 aliphatic rings. The highest BCUT2D eigenvalue weighted by Crippen LogP contribution is 2.55. The number of hydrogen-bond acceptors (Lipinski definition) is 4. The SMILES string of the molecule is O=P(Cc1cc(CP(=O)(c2ccccc2)c2ccccc2)c(CP(=O)(c2ccccc2)c2ccccc2)cc1CP(=O)(c1ccccc1)c1ccccc1)(c1ccccc1)c1ccccc1. The summed E-state index contributed by atoms with van der Waals surface area (Å²) in [6.07, 6.45) is 0.457. The second-order valence-corrected chi connectivity index (χ2v) is 28.0. The molecule has 0 N–H and O–H groups in total. The van der Waals surface area contributed by atoms with E-state index >= 15 is 18.3 Å². The molecule has 66 heavy (non-hydrogen) atoms. The zero-order valence-electron chi connectivity index (χ0n) is 36.5. The van der Waals surface area contributed by atoms with E-state index in [1.54, 1.807) is 0 Å². The summed E-state index contributed by atoms with van der Waals surface area (Å²) in [7, 11) is -13.7. The van der Waals surface area contributed by atoms with Gasteiger partial charge in [0.05, 0.1) is 0 Å². The molecule has 0 heterocycles. The van der Waals surface area contributed by atoms with Crippen LogP contribution < -0.4 is 42.4 Å². The van der Waals surface area contributed by atoms with E-state index in [0.717, 1.165) is 22.3 Å². The lowest BCUT2D eigenvalue weighted by Gasteiger charge is -2.28. The van der Waals surface area contributed by atoms with Crippen molar-refractivity contribution in [2.24, 2.45) is 0 Å². The first-order valence-electron chi connectivity index (χ1n) is 22.1. The van der Waals surface area contributed by atoms with E-state index in [4.69, 9.17) is 0 Å². The summed E-state index contributed by atoms with van der Waals surface area (Å²) in [6.45, 7) is 0. The molecule has 0 atom stereocenters. The number of benzene rings is 9. The van der Waals surface area contributed by atoms with Gasteiger partial charge in [-0.25, -0.2) is 0 Å². The second kappa shape index (κ2) is 19.8. The Morgan fingerprint density at radius 2 is 0.318 bits per heavy atom. The summed E-state index contributed by atoms with van der Waals surface area (Å²) >= 11 is 0. The van der Waals surface area contributed by atoms with Crippen LogP contribution in [0.25, 0.3) is 0 Å². The lowest BCUT2D eigenvalue weighted by Crippen LogP contribution is -2.22. The quantitative estimate of drug-likeness (QED) is 0.0905. The van der Waals surface area contributed by atoms with Crippen LogP contribution in [0.2, 0.25) is 0 Å². The molecule has 4 nitrogen and oxygen atoms in total. The van der Waals surface area contributed by atoms with Crippen LogP contribution in [-0.2, 0) is 42.9 Å². The third-order valence-electron chi connectivity index (χ3n) is 12.5. The van der Waals surface area contributed by atoms with Gasteiger partial charge < -0.3 is 18.3 Å². The largest absolute Gasteiger partial charge is 0.313 e. The van der Waals surface area contributed by atoms with Crippen molar-refractivity contribution in [3.05, 3.63) is 277 Å². The van der Waals surface area contributed by atoms with Crippen molar-refractivity contribution in [2.75, 3.05) is 0 Å². The average molecular weight is 935 g/mol. The standard InChI is InChI=1S/C58H50O4P4/c59-63(51-25-9-1-10-26-51,52-27-11-2-12-28-52)43-47-41-49(45-65(61,55-33-17-5-18-34-55)56-35-19-6-20-36-56)50(46-66(62,57-37-21-7-22-38-57)58-39-23-8-24-40-58)42-48(47)44-64(60,53-29-13-3-14-30-53)54-31-15-4-16-32-54/h1-42H,43-46H2. The second-order valence-electron chi connectivity index (χ2n) is 16.7. The molecule has 0 aromatic heterocycles. The lowest BCUT2D eigenvalue weighted by atomic mass is 10.0. The Labute approximate surface area is 389 Å². The predicted molar refractivity (Wildman–Crippen MR) is 280 cm³/mol. The number of rotatable bonds is 16. The normalized spacial score (nSPS) is 12.1. The van der Waals surface area contributed by atoms with Crippen LogP contribution >= 0.6 is 28.6 Å². The van der Waals surface area contributed by atoms with Gasteiger partial charge in [-0.15, -0.1) is 0 Å². The van der Waals surface area contributed by atoms with Gasteiger partial charge in [0, 0.05) is 67.1 Å². The molecule has 9 aromatic carbocycles. The van der Waals surface area contributed by atoms with E-state index in [2.05, 4.69) is 12.1 Å². The Morgan fingerprint density at radius 3 is 0.439 bits per heavy atom. The molecule has 0 aliphatic heterocycles. The van der Waals surface area contributed by atoms with Gasteiger partial charge in [-0.3, -0.25) is 0 Å². The van der Waals surface area contributed by atoms with Crippen molar-refractivity contribution in [2.45, 2.75) is 24.6 Å². The summed E-state index contributed by atoms with van der Waals surface area (Å²) in [5, 5.41) is 5.66. The van der Waals surface area contributed by atoms with Crippen LogP contribution in [-0.4, -0.2) is 0 Å². The first kappa shape index (κ1) is 45.1. The summed E-state index contributed by atoms with van der Waals surface area (Å²) in [4.78, 5) is 0. The molecular weight excluding hydrogens is 885 g/mol. The molecule has 0 radical (unpaired) electrons. The van der Waals surface area contributed by atoms with Gasteiger partial charge in [-0.2, -0.15) is 0 Å². The van der Waals surface area contributed by atoms with Crippen molar-refractivity contribution < 1.29 is 18.3 Å². The number of hydrogen-bond donors (Lipinski definition) is 0. The molecule has 9 rings (SSSR count). The van der Waals surface area contributed by atoms with Crippen LogP contribution in [0.4, 0.5) is 0 Å². The Balaban J connectivity index is 1.35. The molecule has 0 unspecified atom stereocenters. The van der Waals surface area contributed by atoms with Gasteiger partial charge in [-0.1, -0.05) is 255 Å². The average Bonchev–Trinajstić information content (AvgIpc) is 3.39. The van der Waals surface area contributed by atoms with Gasteiger partial charge >= 0.3 is 0 Å². The van der Waals surface area contributed by atoms with Crippen LogP contribution in [0.5, 0.6) is 0 Å². The molecule has 0 saturated heterocycles. The maximum Gasteiger partial charge on any atom is 0.147 e. The Bertz CT molecular complexity index is 2610. The predicted octanol–water partition coefficient (Wildman–Crippen LogP) is 11.7. The van der Waals surface area contributed by atoms with Crippen LogP contribution in [0.3, 0.4) is 0 Å². The molecular formula is C58H50O4P4. The Kier molecular flexibility index (Phi) is 13.5. The first-order valence-corrected chi connectivity index (χ1v) is 29.7. The molecule has 0 fully saturated rings. The monoisotopic (exact) mass is 934 g/mol. The highest BCUT2D eigenvalue weighted by molar-refractivity contribution is 7.79. The van der Waals surface area contributed by atoms with Crippen molar-refractivity contribution in [1.29, 1.82) is 0 Å². The van der Waals surface area contributed by atoms with E-state index in [0.29, 0.717) is 42.4 Å². The van der Waals surface area contributed by atoms with E-state index in [9.17, 15) is 0 Å². The van der Waals surface area contributed by atoms with E-state index in [1.165, 1.54) is 0 Å². The third kappa shape index (κ3) is 9.31. The zero-order valence-corrected chi connectivity index (χ0v) is 40.1. The van der Waals surface area contributed by atoms with Crippen molar-refractivity contribution in [3.63, 3.8) is 0 Å². The first-order chi connectivity index (χ1) is 32.2. The third-order valence-corrected chi connectivity index (χ3v) is 24.7. The van der Waals surface area contributed by atoms with Crippen LogP contribution in [0, 0.1) is 0 Å². The van der Waals surface area contributed by atoms with E-state index in [1.807, 2.05) is 243 Å². The smallest absolute Gasteiger partial charge is 0.147 e. The topological polar surface area (TPSA) is 68.3 Å². The fraction of sp³-hybridized carbons (Fsp3) is 0.0690. The highest BCUT2D eigenvalue weighted by atomic mass is 31.2. The van der Waals surface area contributed by atoms with Gasteiger partial charge in [0.1, 0.15) is 28.6 Å². The maximum absolute atomic E-state index is 16.2. The van der Waals surface area contributed by atoms with E-state index in [-0.39, 0.29) is 24.6 Å². The molecule has 0 spiro atoms. The summed E-state index contributed by atoms with van der Waals surface area (Å²) in [5.41, 5.74) is 3.00. The van der Waals surface area contributed by atoms with Crippen molar-refractivity contribution in [1.82, 2.24) is 0 Å². The molecule has 0 aliphatic carbocycles.